The maximum atomic E-state index is 13.9. The second-order valence-electron chi connectivity index (χ2n) is 9.98. The van der Waals surface area contributed by atoms with Crippen LogP contribution in [-0.2, 0) is 28.7 Å². The highest BCUT2D eigenvalue weighted by molar-refractivity contribution is 7.09. The summed E-state index contributed by atoms with van der Waals surface area (Å²) >= 11 is 1.18. The average molecular weight is 567 g/mol. The number of ether oxygens (including phenoxy) is 2. The van der Waals surface area contributed by atoms with Gasteiger partial charge in [0.05, 0.1) is 6.04 Å². The van der Waals surface area contributed by atoms with Crippen LogP contribution in [0.5, 0.6) is 0 Å². The van der Waals surface area contributed by atoms with Crippen molar-refractivity contribution in [3.05, 3.63) is 16.1 Å². The summed E-state index contributed by atoms with van der Waals surface area (Å²) in [6, 6.07) is -1.13. The number of thiazole rings is 1. The number of hydrogen-bond donors (Lipinski definition) is 1. The predicted molar refractivity (Wildman–Crippen MR) is 146 cm³/mol. The molecule has 1 aliphatic rings. The summed E-state index contributed by atoms with van der Waals surface area (Å²) in [7, 11) is 1.91. The second kappa shape index (κ2) is 16.3. The van der Waals surface area contributed by atoms with Gasteiger partial charge in [0.25, 0.3) is 0 Å². The Morgan fingerprint density at radius 3 is 2.62 bits per heavy atom. The van der Waals surface area contributed by atoms with Crippen molar-refractivity contribution in [3.8, 4) is 0 Å². The van der Waals surface area contributed by atoms with Gasteiger partial charge in [0.2, 0.25) is 11.8 Å². The molecule has 4 atom stereocenters. The van der Waals surface area contributed by atoms with Crippen LogP contribution in [-0.4, -0.2) is 83.8 Å². The van der Waals surface area contributed by atoms with Crippen molar-refractivity contribution in [1.29, 1.82) is 0 Å². The Labute approximate surface area is 234 Å². The van der Waals surface area contributed by atoms with Crippen LogP contribution in [0.2, 0.25) is 0 Å². The van der Waals surface area contributed by atoms with Crippen LogP contribution in [0.4, 0.5) is 0 Å². The lowest BCUT2D eigenvalue weighted by Crippen LogP contribution is -2.57. The lowest BCUT2D eigenvalue weighted by molar-refractivity contribution is -0.156. The fourth-order valence-corrected chi connectivity index (χ4v) is 5.23. The molecule has 0 aliphatic carbocycles. The van der Waals surface area contributed by atoms with Crippen LogP contribution < -0.4 is 5.32 Å². The number of nitrogens with zero attached hydrogens (tertiary/aromatic N) is 3. The molecule has 39 heavy (non-hydrogen) atoms. The number of hydrogen-bond acceptors (Lipinski definition) is 10. The van der Waals surface area contributed by atoms with Crippen molar-refractivity contribution in [2.24, 2.45) is 5.92 Å². The van der Waals surface area contributed by atoms with Crippen LogP contribution in [0.1, 0.15) is 94.2 Å². The monoisotopic (exact) mass is 566 g/mol. The molecule has 1 aromatic heterocycles. The molecule has 1 N–H and O–H groups in total. The molecule has 1 fully saturated rings. The van der Waals surface area contributed by atoms with Crippen LogP contribution in [0.15, 0.2) is 5.38 Å². The molecule has 0 radical (unpaired) electrons. The van der Waals surface area contributed by atoms with E-state index in [2.05, 4.69) is 10.3 Å². The second-order valence-corrected chi connectivity index (χ2v) is 10.9. The first-order valence-corrected chi connectivity index (χ1v) is 14.5. The van der Waals surface area contributed by atoms with Gasteiger partial charge in [-0.3, -0.25) is 28.9 Å². The van der Waals surface area contributed by atoms with Gasteiger partial charge in [-0.15, -0.1) is 11.3 Å². The van der Waals surface area contributed by atoms with Crippen molar-refractivity contribution in [1.82, 2.24) is 20.1 Å². The van der Waals surface area contributed by atoms with Gasteiger partial charge in [0.15, 0.2) is 19.1 Å². The first kappa shape index (κ1) is 32.4. The standard InChI is InChI=1S/C27H42N4O7S/c1-6-10-23(34)37-17-31(14-12-22(38-19(4)33)26-28-20(15-32)16-39-26)27(36)24(18(3)7-2)29-25(35)21-11-8-9-13-30(21)5/h15-16,18,21-22,24H,6-14,17H2,1-5H3,(H,29,35)/t18?,21?,22-,24?/m1/s1. The van der Waals surface area contributed by atoms with Crippen molar-refractivity contribution in [3.63, 3.8) is 0 Å². The number of esters is 2. The van der Waals surface area contributed by atoms with Crippen LogP contribution in [0.25, 0.3) is 0 Å². The number of aldehydes is 1. The van der Waals surface area contributed by atoms with Gasteiger partial charge in [0.1, 0.15) is 16.7 Å². The van der Waals surface area contributed by atoms with Gasteiger partial charge >= 0.3 is 11.9 Å². The highest BCUT2D eigenvalue weighted by Gasteiger charge is 2.35. The van der Waals surface area contributed by atoms with E-state index in [1.54, 1.807) is 5.38 Å². The van der Waals surface area contributed by atoms with Crippen LogP contribution in [0.3, 0.4) is 0 Å². The maximum Gasteiger partial charge on any atom is 0.307 e. The van der Waals surface area contributed by atoms with E-state index in [1.165, 1.54) is 23.2 Å². The molecule has 0 saturated carbocycles. The minimum atomic E-state index is -0.823. The average Bonchev–Trinajstić information content (AvgIpc) is 3.39. The van der Waals surface area contributed by atoms with E-state index < -0.39 is 24.1 Å². The number of likely N-dealkylation sites (tertiary alicyclic amines) is 1. The lowest BCUT2D eigenvalue weighted by Gasteiger charge is -2.35. The third kappa shape index (κ3) is 9.99. The number of carbonyl (C=O) groups is 5. The predicted octanol–water partition coefficient (Wildman–Crippen LogP) is 3.09. The van der Waals surface area contributed by atoms with Crippen molar-refractivity contribution >= 4 is 41.4 Å². The summed E-state index contributed by atoms with van der Waals surface area (Å²) in [4.78, 5) is 69.7. The van der Waals surface area contributed by atoms with Gasteiger partial charge in [-0.2, -0.15) is 0 Å². The minimum absolute atomic E-state index is 0.0678. The van der Waals surface area contributed by atoms with Crippen molar-refractivity contribution < 1.29 is 33.4 Å². The molecule has 0 aromatic carbocycles. The molecule has 2 amide bonds. The van der Waals surface area contributed by atoms with E-state index in [4.69, 9.17) is 9.47 Å². The van der Waals surface area contributed by atoms with Crippen LogP contribution in [0, 0.1) is 5.92 Å². The Balaban J connectivity index is 2.26. The first-order valence-electron chi connectivity index (χ1n) is 13.6. The summed E-state index contributed by atoms with van der Waals surface area (Å²) in [6.07, 6.45) is 4.14. The molecule has 2 rings (SSSR count). The minimum Gasteiger partial charge on any atom is -0.455 e. The number of nitrogens with one attached hydrogen (secondary N) is 1. The topological polar surface area (TPSA) is 135 Å². The van der Waals surface area contributed by atoms with E-state index in [-0.39, 0.29) is 55.6 Å². The van der Waals surface area contributed by atoms with Crippen molar-refractivity contribution in [2.45, 2.75) is 90.8 Å². The Bertz CT molecular complexity index is 985. The van der Waals surface area contributed by atoms with Gasteiger partial charge in [-0.1, -0.05) is 33.6 Å². The Morgan fingerprint density at radius 2 is 2.03 bits per heavy atom. The van der Waals surface area contributed by atoms with Gasteiger partial charge in [-0.25, -0.2) is 4.98 Å². The Hall–Kier alpha value is -2.86. The molecule has 1 aliphatic heterocycles. The zero-order valence-corrected chi connectivity index (χ0v) is 24.5. The summed E-state index contributed by atoms with van der Waals surface area (Å²) < 4.78 is 10.8. The molecule has 218 valence electrons. The normalized spacial score (nSPS) is 17.9. The number of amides is 2. The van der Waals surface area contributed by atoms with Gasteiger partial charge in [0, 0.05) is 31.7 Å². The maximum absolute atomic E-state index is 13.9. The molecular formula is C27H42N4O7S. The highest BCUT2D eigenvalue weighted by atomic mass is 32.1. The number of aromatic nitrogens is 1. The van der Waals surface area contributed by atoms with E-state index in [0.29, 0.717) is 24.1 Å². The Kier molecular flexibility index (Phi) is 13.5. The number of piperidine rings is 1. The largest absolute Gasteiger partial charge is 0.455 e. The first-order chi connectivity index (χ1) is 18.6. The van der Waals surface area contributed by atoms with Gasteiger partial charge < -0.3 is 19.7 Å². The van der Waals surface area contributed by atoms with E-state index in [9.17, 15) is 24.0 Å². The summed E-state index contributed by atoms with van der Waals surface area (Å²) in [5.74, 6) is -1.72. The number of rotatable bonds is 15. The van der Waals surface area contributed by atoms with E-state index in [1.807, 2.05) is 32.7 Å². The zero-order valence-electron chi connectivity index (χ0n) is 23.6. The third-order valence-corrected chi connectivity index (χ3v) is 7.86. The molecule has 12 heteroatoms. The summed E-state index contributed by atoms with van der Waals surface area (Å²) in [6.45, 7) is 7.55. The molecular weight excluding hydrogens is 524 g/mol. The molecule has 2 heterocycles. The number of likely N-dealkylation sites (N-methyl/N-ethyl adjacent to an activating group) is 1. The van der Waals surface area contributed by atoms with Crippen molar-refractivity contribution in [2.75, 3.05) is 26.9 Å². The van der Waals surface area contributed by atoms with E-state index >= 15 is 0 Å². The molecule has 1 aromatic rings. The number of carbonyl (C=O) groups excluding carboxylic acids is 5. The molecule has 1 saturated heterocycles. The molecule has 0 bridgehead atoms. The quantitative estimate of drug-likeness (QED) is 0.193. The third-order valence-electron chi connectivity index (χ3n) is 6.90. The fourth-order valence-electron chi connectivity index (χ4n) is 4.41. The smallest absolute Gasteiger partial charge is 0.307 e. The van der Waals surface area contributed by atoms with Gasteiger partial charge in [-0.05, 0) is 38.8 Å². The molecule has 0 spiro atoms. The Morgan fingerprint density at radius 1 is 1.28 bits per heavy atom. The zero-order chi connectivity index (χ0) is 28.9. The lowest BCUT2D eigenvalue weighted by atomic mass is 9.96. The highest BCUT2D eigenvalue weighted by Crippen LogP contribution is 2.26. The van der Waals surface area contributed by atoms with Crippen LogP contribution >= 0.6 is 11.3 Å². The van der Waals surface area contributed by atoms with E-state index in [0.717, 1.165) is 25.8 Å². The summed E-state index contributed by atoms with van der Waals surface area (Å²) in [5.41, 5.74) is 0.223. The SMILES string of the molecule is CCCC(=O)OCN(CC[C@@H](OC(C)=O)c1nc(C=O)cs1)C(=O)C(NC(=O)C1CCCCN1C)C(C)CC. The molecule has 3 unspecified atom stereocenters. The fraction of sp³-hybridized carbons (Fsp3) is 0.704. The molecule has 11 nitrogen and oxygen atoms in total. The summed E-state index contributed by atoms with van der Waals surface area (Å²) in [5, 5.41) is 4.96.